The maximum absolute atomic E-state index is 11.5. The van der Waals surface area contributed by atoms with Crippen LogP contribution in [0.1, 0.15) is 15.9 Å². The van der Waals surface area contributed by atoms with Crippen LogP contribution in [0.3, 0.4) is 0 Å². The molecule has 0 spiro atoms. The van der Waals surface area contributed by atoms with E-state index in [0.717, 1.165) is 10.9 Å². The van der Waals surface area contributed by atoms with Crippen molar-refractivity contribution in [3.8, 4) is 0 Å². The van der Waals surface area contributed by atoms with Gasteiger partial charge in [0.25, 0.3) is 0 Å². The van der Waals surface area contributed by atoms with Gasteiger partial charge in [-0.05, 0) is 30.1 Å². The summed E-state index contributed by atoms with van der Waals surface area (Å²) in [5.74, 6) is 0.206. The molecule has 0 unspecified atom stereocenters. The molecule has 0 aliphatic rings. The zero-order valence-corrected chi connectivity index (χ0v) is 9.08. The first-order valence-corrected chi connectivity index (χ1v) is 5.24. The highest BCUT2D eigenvalue weighted by Gasteiger charge is 2.03. The van der Waals surface area contributed by atoms with Crippen molar-refractivity contribution in [2.24, 2.45) is 0 Å². The molecule has 0 aliphatic heterocycles. The molecule has 15 heavy (non-hydrogen) atoms. The fraction of sp³-hybridized carbons (Fsp3) is 0.154. The Morgan fingerprint density at radius 2 is 1.80 bits per heavy atom. The van der Waals surface area contributed by atoms with Gasteiger partial charge in [0.2, 0.25) is 0 Å². The number of ketones is 1. The number of benzene rings is 2. The molecule has 0 saturated carbocycles. The Bertz CT molecular complexity index is 517. The van der Waals surface area contributed by atoms with Gasteiger partial charge in [0.15, 0.2) is 5.78 Å². The van der Waals surface area contributed by atoms with Gasteiger partial charge in [-0.15, -0.1) is 0 Å². The van der Waals surface area contributed by atoms with Crippen LogP contribution in [0.15, 0.2) is 36.4 Å². The summed E-state index contributed by atoms with van der Waals surface area (Å²) in [6.45, 7) is 2.07. The van der Waals surface area contributed by atoms with Crippen molar-refractivity contribution in [2.75, 3.05) is 0 Å². The Morgan fingerprint density at radius 3 is 2.53 bits per heavy atom. The molecule has 2 heteroatoms. The summed E-state index contributed by atoms with van der Waals surface area (Å²) < 4.78 is 0. The molecule has 0 bridgehead atoms. The lowest BCUT2D eigenvalue weighted by molar-refractivity contribution is 0.101. The van der Waals surface area contributed by atoms with Gasteiger partial charge in [-0.25, -0.2) is 0 Å². The van der Waals surface area contributed by atoms with Crippen LogP contribution in [-0.4, -0.2) is 13.6 Å². The third-order valence-corrected chi connectivity index (χ3v) is 2.64. The molecule has 0 radical (unpaired) electrons. The molecule has 0 amide bonds. The van der Waals surface area contributed by atoms with Crippen molar-refractivity contribution in [1.29, 1.82) is 0 Å². The molecule has 2 rings (SSSR count). The van der Waals surface area contributed by atoms with E-state index in [1.807, 2.05) is 26.0 Å². The maximum atomic E-state index is 11.5. The van der Waals surface area contributed by atoms with Gasteiger partial charge in [0.1, 0.15) is 7.85 Å². The molecule has 0 aliphatic carbocycles. The lowest BCUT2D eigenvalue weighted by Crippen LogP contribution is -1.96. The molecular formula is C13H13BO. The van der Waals surface area contributed by atoms with Crippen LogP contribution in [-0.2, 0) is 0 Å². The summed E-state index contributed by atoms with van der Waals surface area (Å²) in [6, 6.07) is 12.2. The molecular weight excluding hydrogens is 183 g/mol. The lowest BCUT2D eigenvalue weighted by atomic mass is 9.94. The minimum Gasteiger partial charge on any atom is -0.295 e. The normalized spacial score (nSPS) is 10.5. The Labute approximate surface area is 90.5 Å². The van der Waals surface area contributed by atoms with Crippen molar-refractivity contribution < 1.29 is 4.79 Å². The van der Waals surface area contributed by atoms with Crippen molar-refractivity contribution >= 4 is 24.4 Å². The number of aryl methyl sites for hydroxylation is 1. The highest BCUT2D eigenvalue weighted by Crippen LogP contribution is 2.18. The van der Waals surface area contributed by atoms with Gasteiger partial charge < -0.3 is 0 Å². The number of hydrogen-bond donors (Lipinski definition) is 0. The number of hydrogen-bond acceptors (Lipinski definition) is 1. The second kappa shape index (κ2) is 3.89. The van der Waals surface area contributed by atoms with Crippen LogP contribution in [0.2, 0.25) is 6.32 Å². The van der Waals surface area contributed by atoms with E-state index in [1.165, 1.54) is 10.9 Å². The molecule has 0 aromatic heterocycles. The van der Waals surface area contributed by atoms with Crippen molar-refractivity contribution in [1.82, 2.24) is 0 Å². The third-order valence-electron chi connectivity index (χ3n) is 2.64. The second-order valence-corrected chi connectivity index (χ2v) is 3.84. The van der Waals surface area contributed by atoms with E-state index in [-0.39, 0.29) is 5.78 Å². The van der Waals surface area contributed by atoms with Crippen molar-refractivity contribution in [3.63, 3.8) is 0 Å². The maximum Gasteiger partial charge on any atom is 0.155 e. The molecule has 0 heterocycles. The largest absolute Gasteiger partial charge is 0.295 e. The molecule has 0 atom stereocenters. The lowest BCUT2D eigenvalue weighted by Gasteiger charge is -2.02. The number of Topliss-reactive ketones (excluding diaryl/α,β-unsaturated/α-hetero) is 1. The standard InChI is InChI=1S/C13H13BO/c1-9-2-3-11-7-12(13(15)8-14)5-4-10(11)6-9/h2-7H,8,14H2,1H3. The number of carbonyl (C=O) groups is 1. The zero-order valence-electron chi connectivity index (χ0n) is 9.08. The summed E-state index contributed by atoms with van der Waals surface area (Å²) >= 11 is 0. The first kappa shape index (κ1) is 9.97. The molecule has 0 fully saturated rings. The Balaban J connectivity index is 2.57. The van der Waals surface area contributed by atoms with Crippen molar-refractivity contribution in [3.05, 3.63) is 47.5 Å². The monoisotopic (exact) mass is 196 g/mol. The first-order chi connectivity index (χ1) is 7.20. The van der Waals surface area contributed by atoms with Gasteiger partial charge in [0.05, 0.1) is 0 Å². The summed E-state index contributed by atoms with van der Waals surface area (Å²) in [5.41, 5.74) is 2.06. The van der Waals surface area contributed by atoms with Crippen LogP contribution in [0, 0.1) is 6.92 Å². The number of carbonyl (C=O) groups excluding carboxylic acids is 1. The Morgan fingerprint density at radius 1 is 1.13 bits per heavy atom. The molecule has 1 nitrogen and oxygen atoms in total. The summed E-state index contributed by atoms with van der Waals surface area (Å²) in [4.78, 5) is 11.5. The molecule has 74 valence electrons. The van der Waals surface area contributed by atoms with E-state index in [2.05, 4.69) is 25.1 Å². The SMILES string of the molecule is BCC(=O)c1ccc2cc(C)ccc2c1. The minimum atomic E-state index is 0.206. The van der Waals surface area contributed by atoms with Crippen LogP contribution in [0.4, 0.5) is 0 Å². The molecule has 2 aromatic rings. The van der Waals surface area contributed by atoms with E-state index in [1.54, 1.807) is 0 Å². The summed E-state index contributed by atoms with van der Waals surface area (Å²) in [7, 11) is 1.89. The third kappa shape index (κ3) is 1.94. The molecule has 2 aromatic carbocycles. The van der Waals surface area contributed by atoms with E-state index < -0.39 is 0 Å². The van der Waals surface area contributed by atoms with Gasteiger partial charge >= 0.3 is 0 Å². The molecule has 0 saturated heterocycles. The van der Waals surface area contributed by atoms with Crippen LogP contribution < -0.4 is 0 Å². The first-order valence-electron chi connectivity index (χ1n) is 5.24. The van der Waals surface area contributed by atoms with E-state index in [9.17, 15) is 4.79 Å². The highest BCUT2D eigenvalue weighted by atomic mass is 16.1. The number of rotatable bonds is 2. The van der Waals surface area contributed by atoms with Gasteiger partial charge in [-0.2, -0.15) is 0 Å². The quantitative estimate of drug-likeness (QED) is 0.532. The Hall–Kier alpha value is -1.57. The van der Waals surface area contributed by atoms with Crippen LogP contribution in [0.5, 0.6) is 0 Å². The van der Waals surface area contributed by atoms with E-state index in [0.29, 0.717) is 6.32 Å². The zero-order chi connectivity index (χ0) is 10.8. The number of fused-ring (bicyclic) bond motifs is 1. The highest BCUT2D eigenvalue weighted by molar-refractivity contribution is 6.24. The van der Waals surface area contributed by atoms with Gasteiger partial charge in [-0.3, -0.25) is 4.79 Å². The van der Waals surface area contributed by atoms with E-state index >= 15 is 0 Å². The topological polar surface area (TPSA) is 17.1 Å². The minimum absolute atomic E-state index is 0.206. The fourth-order valence-electron chi connectivity index (χ4n) is 1.74. The van der Waals surface area contributed by atoms with E-state index in [4.69, 9.17) is 0 Å². The van der Waals surface area contributed by atoms with Gasteiger partial charge in [0, 0.05) is 5.56 Å². The van der Waals surface area contributed by atoms with Crippen LogP contribution >= 0.6 is 0 Å². The second-order valence-electron chi connectivity index (χ2n) is 3.84. The fourth-order valence-corrected chi connectivity index (χ4v) is 1.74. The average Bonchev–Trinajstić information content (AvgIpc) is 2.27. The van der Waals surface area contributed by atoms with Gasteiger partial charge in [-0.1, -0.05) is 35.9 Å². The van der Waals surface area contributed by atoms with Crippen molar-refractivity contribution in [2.45, 2.75) is 13.2 Å². The summed E-state index contributed by atoms with van der Waals surface area (Å²) in [6.07, 6.45) is 0.567. The predicted octanol–water partition coefficient (Wildman–Crippen LogP) is 2.38. The predicted molar refractivity (Wildman–Crippen MR) is 66.4 cm³/mol. The average molecular weight is 196 g/mol. The smallest absolute Gasteiger partial charge is 0.155 e. The Kier molecular flexibility index (Phi) is 2.59. The van der Waals surface area contributed by atoms with Crippen LogP contribution in [0.25, 0.3) is 10.8 Å². The summed E-state index contributed by atoms with van der Waals surface area (Å²) in [5, 5.41) is 2.34. The molecule has 0 N–H and O–H groups in total.